The maximum Gasteiger partial charge on any atom is 0.271 e. The number of carbonyl (C=O) groups is 1. The first kappa shape index (κ1) is 15.3. The molecule has 2 aromatic rings. The van der Waals surface area contributed by atoms with Crippen molar-refractivity contribution in [3.63, 3.8) is 0 Å². The van der Waals surface area contributed by atoms with E-state index < -0.39 is 0 Å². The van der Waals surface area contributed by atoms with E-state index in [2.05, 4.69) is 29.3 Å². The Hall–Kier alpha value is -2.14. The quantitative estimate of drug-likeness (QED) is 0.657. The number of hydrogen-bond donors (Lipinski definition) is 1. The van der Waals surface area contributed by atoms with Gasteiger partial charge < -0.3 is 4.90 Å². The monoisotopic (exact) mass is 301 g/mol. The molecule has 1 amide bonds. The zero-order chi connectivity index (χ0) is 15.1. The van der Waals surface area contributed by atoms with Gasteiger partial charge in [-0.2, -0.15) is 16.4 Å². The molecule has 21 heavy (non-hydrogen) atoms. The summed E-state index contributed by atoms with van der Waals surface area (Å²) in [5.41, 5.74) is 5.25. The number of hydrazone groups is 1. The summed E-state index contributed by atoms with van der Waals surface area (Å²) in [4.78, 5) is 14.2. The molecule has 0 bridgehead atoms. The summed E-state index contributed by atoms with van der Waals surface area (Å²) in [6, 6.07) is 9.51. The van der Waals surface area contributed by atoms with Crippen LogP contribution in [-0.4, -0.2) is 25.2 Å². The number of benzene rings is 1. The molecule has 0 radical (unpaired) electrons. The van der Waals surface area contributed by atoms with Gasteiger partial charge in [-0.05, 0) is 54.9 Å². The molecular weight excluding hydrogens is 282 g/mol. The summed E-state index contributed by atoms with van der Waals surface area (Å²) in [5, 5.41) is 7.89. The second-order valence-corrected chi connectivity index (χ2v) is 5.26. The lowest BCUT2D eigenvalue weighted by Gasteiger charge is -2.20. The highest BCUT2D eigenvalue weighted by Crippen LogP contribution is 2.14. The maximum absolute atomic E-state index is 12.0. The summed E-state index contributed by atoms with van der Waals surface area (Å²) in [6.07, 6.45) is 1.64. The van der Waals surface area contributed by atoms with Crippen LogP contribution in [0.4, 0.5) is 5.69 Å². The van der Waals surface area contributed by atoms with Crippen molar-refractivity contribution < 1.29 is 4.79 Å². The first-order valence-corrected chi connectivity index (χ1v) is 7.89. The predicted molar refractivity (Wildman–Crippen MR) is 89.4 cm³/mol. The minimum absolute atomic E-state index is 0.201. The highest BCUT2D eigenvalue weighted by atomic mass is 32.1. The summed E-state index contributed by atoms with van der Waals surface area (Å²) >= 11 is 1.59. The first-order chi connectivity index (χ1) is 10.2. The van der Waals surface area contributed by atoms with Crippen LogP contribution in [0.1, 0.15) is 29.8 Å². The van der Waals surface area contributed by atoms with Crippen LogP contribution < -0.4 is 10.3 Å². The minimum Gasteiger partial charge on any atom is -0.372 e. The van der Waals surface area contributed by atoms with Gasteiger partial charge in [0, 0.05) is 29.9 Å². The van der Waals surface area contributed by atoms with E-state index in [9.17, 15) is 4.79 Å². The molecule has 0 aliphatic rings. The topological polar surface area (TPSA) is 44.7 Å². The Morgan fingerprint density at radius 2 is 1.95 bits per heavy atom. The van der Waals surface area contributed by atoms with Crippen LogP contribution in [0, 0.1) is 0 Å². The zero-order valence-corrected chi connectivity index (χ0v) is 13.1. The van der Waals surface area contributed by atoms with Crippen molar-refractivity contribution in [3.05, 3.63) is 52.2 Å². The number of anilines is 1. The second kappa shape index (κ2) is 7.59. The summed E-state index contributed by atoms with van der Waals surface area (Å²) in [5.74, 6) is -0.201. The van der Waals surface area contributed by atoms with Gasteiger partial charge in [0.1, 0.15) is 0 Å². The maximum atomic E-state index is 12.0. The number of rotatable bonds is 6. The van der Waals surface area contributed by atoms with E-state index in [1.807, 2.05) is 41.1 Å². The van der Waals surface area contributed by atoms with Gasteiger partial charge in [0.25, 0.3) is 5.91 Å². The third-order valence-electron chi connectivity index (χ3n) is 3.18. The molecule has 2 rings (SSSR count). The number of thiophene rings is 1. The molecule has 110 valence electrons. The Bertz CT molecular complexity index is 586. The molecule has 0 aliphatic heterocycles. The van der Waals surface area contributed by atoms with Crippen LogP contribution >= 0.6 is 11.3 Å². The Kier molecular flexibility index (Phi) is 5.51. The number of nitrogens with zero attached hydrogens (tertiary/aromatic N) is 2. The largest absolute Gasteiger partial charge is 0.372 e. The molecule has 1 aromatic heterocycles. The van der Waals surface area contributed by atoms with Crippen LogP contribution in [0.2, 0.25) is 0 Å². The van der Waals surface area contributed by atoms with Gasteiger partial charge in [0.05, 0.1) is 6.21 Å². The Balaban J connectivity index is 1.96. The molecule has 1 aromatic carbocycles. The summed E-state index contributed by atoms with van der Waals surface area (Å²) in [7, 11) is 0. The fourth-order valence-electron chi connectivity index (χ4n) is 1.99. The van der Waals surface area contributed by atoms with Gasteiger partial charge in [-0.15, -0.1) is 0 Å². The highest BCUT2D eigenvalue weighted by molar-refractivity contribution is 7.08. The standard InChI is InChI=1S/C16H19N3OS/c1-3-19(4-2)15-7-5-14(6-8-15)16(20)18-17-11-13-9-10-21-12-13/h5-12H,3-4H2,1-2H3,(H,18,20)/b17-11+. The van der Waals surface area contributed by atoms with Gasteiger partial charge in [-0.25, -0.2) is 5.43 Å². The molecule has 0 saturated heterocycles. The molecule has 0 saturated carbocycles. The van der Waals surface area contributed by atoms with E-state index >= 15 is 0 Å². The van der Waals surface area contributed by atoms with E-state index in [-0.39, 0.29) is 5.91 Å². The minimum atomic E-state index is -0.201. The molecular formula is C16H19N3OS. The Morgan fingerprint density at radius 3 is 2.52 bits per heavy atom. The molecule has 0 spiro atoms. The van der Waals surface area contributed by atoms with Crippen molar-refractivity contribution in [2.45, 2.75) is 13.8 Å². The fraction of sp³-hybridized carbons (Fsp3) is 0.250. The molecule has 5 heteroatoms. The van der Waals surface area contributed by atoms with Crippen LogP contribution in [-0.2, 0) is 0 Å². The van der Waals surface area contributed by atoms with E-state index in [0.717, 1.165) is 24.3 Å². The second-order valence-electron chi connectivity index (χ2n) is 4.47. The number of hydrogen-bond acceptors (Lipinski definition) is 4. The lowest BCUT2D eigenvalue weighted by atomic mass is 10.2. The van der Waals surface area contributed by atoms with Crippen LogP contribution in [0.25, 0.3) is 0 Å². The van der Waals surface area contributed by atoms with Gasteiger partial charge >= 0.3 is 0 Å². The van der Waals surface area contributed by atoms with Crippen LogP contribution in [0.3, 0.4) is 0 Å². The van der Waals surface area contributed by atoms with Crippen molar-refractivity contribution in [3.8, 4) is 0 Å². The van der Waals surface area contributed by atoms with E-state index in [1.54, 1.807) is 17.6 Å². The molecule has 0 atom stereocenters. The number of nitrogens with one attached hydrogen (secondary N) is 1. The average molecular weight is 301 g/mol. The van der Waals surface area contributed by atoms with Crippen molar-refractivity contribution in [1.29, 1.82) is 0 Å². The number of amides is 1. The predicted octanol–water partition coefficient (Wildman–Crippen LogP) is 3.36. The smallest absolute Gasteiger partial charge is 0.271 e. The average Bonchev–Trinajstić information content (AvgIpc) is 3.02. The third-order valence-corrected chi connectivity index (χ3v) is 3.88. The van der Waals surface area contributed by atoms with Crippen molar-refractivity contribution in [2.24, 2.45) is 5.10 Å². The van der Waals surface area contributed by atoms with E-state index in [4.69, 9.17) is 0 Å². The van der Waals surface area contributed by atoms with Crippen LogP contribution in [0.15, 0.2) is 46.2 Å². The first-order valence-electron chi connectivity index (χ1n) is 6.95. The molecule has 1 N–H and O–H groups in total. The fourth-order valence-corrected chi connectivity index (χ4v) is 2.60. The Morgan fingerprint density at radius 1 is 1.24 bits per heavy atom. The Labute approximate surface area is 129 Å². The molecule has 0 fully saturated rings. The molecule has 1 heterocycles. The van der Waals surface area contributed by atoms with Gasteiger partial charge in [0.2, 0.25) is 0 Å². The molecule has 0 aliphatic carbocycles. The normalized spacial score (nSPS) is 10.8. The SMILES string of the molecule is CCN(CC)c1ccc(C(=O)N/N=C/c2ccsc2)cc1. The third kappa shape index (κ3) is 4.16. The van der Waals surface area contributed by atoms with E-state index in [0.29, 0.717) is 5.56 Å². The lowest BCUT2D eigenvalue weighted by molar-refractivity contribution is 0.0955. The summed E-state index contributed by atoms with van der Waals surface area (Å²) < 4.78 is 0. The highest BCUT2D eigenvalue weighted by Gasteiger charge is 2.06. The van der Waals surface area contributed by atoms with Crippen LogP contribution in [0.5, 0.6) is 0 Å². The molecule has 0 unspecified atom stereocenters. The van der Waals surface area contributed by atoms with Crippen molar-refractivity contribution in [1.82, 2.24) is 5.43 Å². The van der Waals surface area contributed by atoms with Crippen molar-refractivity contribution in [2.75, 3.05) is 18.0 Å². The van der Waals surface area contributed by atoms with Gasteiger partial charge in [-0.1, -0.05) is 0 Å². The summed E-state index contributed by atoms with van der Waals surface area (Å²) in [6.45, 7) is 6.13. The zero-order valence-electron chi connectivity index (χ0n) is 12.2. The van der Waals surface area contributed by atoms with E-state index in [1.165, 1.54) is 0 Å². The van der Waals surface area contributed by atoms with Gasteiger partial charge in [-0.3, -0.25) is 4.79 Å². The van der Waals surface area contributed by atoms with Gasteiger partial charge in [0.15, 0.2) is 0 Å². The van der Waals surface area contributed by atoms with Crippen molar-refractivity contribution >= 4 is 29.1 Å². The number of carbonyl (C=O) groups excluding carboxylic acids is 1. The lowest BCUT2D eigenvalue weighted by Crippen LogP contribution is -2.22. The molecule has 4 nitrogen and oxygen atoms in total.